The number of benzene rings is 2. The highest BCUT2D eigenvalue weighted by molar-refractivity contribution is 5.97. The molecular formula is C23H22FNO6. The molecule has 1 N–H and O–H groups in total. The number of carbonyl (C=O) groups excluding carboxylic acids is 1. The van der Waals surface area contributed by atoms with E-state index in [4.69, 9.17) is 19.1 Å². The molecule has 8 heteroatoms. The summed E-state index contributed by atoms with van der Waals surface area (Å²) in [4.78, 5) is 23.2. The minimum absolute atomic E-state index is 0.0107. The monoisotopic (exact) mass is 427 g/mol. The van der Waals surface area contributed by atoms with Crippen LogP contribution in [-0.4, -0.2) is 29.3 Å². The molecule has 1 heterocycles. The van der Waals surface area contributed by atoms with Crippen molar-refractivity contribution in [3.8, 4) is 22.8 Å². The first-order valence-corrected chi connectivity index (χ1v) is 9.79. The van der Waals surface area contributed by atoms with Crippen LogP contribution < -0.4 is 9.47 Å². The molecule has 1 aliphatic rings. The van der Waals surface area contributed by atoms with Crippen LogP contribution >= 0.6 is 0 Å². The number of carboxylic acid groups (broad SMARTS) is 1. The summed E-state index contributed by atoms with van der Waals surface area (Å²) in [5, 5.41) is 12.5. The van der Waals surface area contributed by atoms with E-state index in [0.29, 0.717) is 17.7 Å². The Hall–Kier alpha value is -3.68. The lowest BCUT2D eigenvalue weighted by molar-refractivity contribution is -0.136. The van der Waals surface area contributed by atoms with E-state index in [1.807, 2.05) is 0 Å². The fourth-order valence-corrected chi connectivity index (χ4v) is 2.57. The van der Waals surface area contributed by atoms with Gasteiger partial charge < -0.3 is 19.1 Å². The molecule has 1 fully saturated rings. The number of ether oxygens (including phenoxy) is 2. The highest BCUT2D eigenvalue weighted by atomic mass is 19.1. The largest absolute Gasteiger partial charge is 0.497 e. The quantitative estimate of drug-likeness (QED) is 0.423. The summed E-state index contributed by atoms with van der Waals surface area (Å²) in [6.07, 6.45) is 5.83. The van der Waals surface area contributed by atoms with Gasteiger partial charge >= 0.3 is 11.9 Å². The van der Waals surface area contributed by atoms with Crippen molar-refractivity contribution in [3.63, 3.8) is 0 Å². The average Bonchev–Trinajstić information content (AvgIpc) is 3.57. The molecule has 0 spiro atoms. The molecule has 7 nitrogen and oxygen atoms in total. The molecule has 0 unspecified atom stereocenters. The summed E-state index contributed by atoms with van der Waals surface area (Å²) in [7, 11) is 1.44. The van der Waals surface area contributed by atoms with Gasteiger partial charge in [0.05, 0.1) is 7.11 Å². The van der Waals surface area contributed by atoms with Gasteiger partial charge in [-0.3, -0.25) is 4.79 Å². The molecule has 3 aromatic rings. The third-order valence-corrected chi connectivity index (χ3v) is 4.31. The third-order valence-electron chi connectivity index (χ3n) is 4.31. The van der Waals surface area contributed by atoms with E-state index >= 15 is 0 Å². The molecule has 0 atom stereocenters. The number of halogens is 1. The Morgan fingerprint density at radius 3 is 2.58 bits per heavy atom. The number of aliphatic carboxylic acids is 1. The highest BCUT2D eigenvalue weighted by Crippen LogP contribution is 2.29. The lowest BCUT2D eigenvalue weighted by Crippen LogP contribution is -2.09. The number of hydrogen-bond donors (Lipinski definition) is 1. The van der Waals surface area contributed by atoms with Crippen molar-refractivity contribution in [1.82, 2.24) is 5.16 Å². The second-order valence-corrected chi connectivity index (χ2v) is 6.91. The van der Waals surface area contributed by atoms with Crippen LogP contribution in [0.25, 0.3) is 11.3 Å². The molecule has 0 bridgehead atoms. The minimum Gasteiger partial charge on any atom is -0.497 e. The zero-order valence-electron chi connectivity index (χ0n) is 17.0. The van der Waals surface area contributed by atoms with Crippen molar-refractivity contribution in [2.75, 3.05) is 7.11 Å². The van der Waals surface area contributed by atoms with E-state index in [9.17, 15) is 14.0 Å². The van der Waals surface area contributed by atoms with Crippen LogP contribution in [0, 0.1) is 5.82 Å². The van der Waals surface area contributed by atoms with Gasteiger partial charge in [-0.2, -0.15) is 0 Å². The number of aryl methyl sites for hydroxylation is 1. The molecule has 162 valence electrons. The fourth-order valence-electron chi connectivity index (χ4n) is 2.57. The van der Waals surface area contributed by atoms with E-state index in [2.05, 4.69) is 5.16 Å². The SMILES string of the molecule is C1CC1.COc1ccc(F)c(-c2nocc2C(=O)Oc2cccc(CCC(=O)O)c2)c1. The molecule has 0 aliphatic heterocycles. The number of esters is 1. The number of carbonyl (C=O) groups is 2. The van der Waals surface area contributed by atoms with Gasteiger partial charge in [0.1, 0.15) is 34.8 Å². The highest BCUT2D eigenvalue weighted by Gasteiger charge is 2.22. The predicted molar refractivity (Wildman–Crippen MR) is 110 cm³/mol. The van der Waals surface area contributed by atoms with Crippen molar-refractivity contribution in [1.29, 1.82) is 0 Å². The lowest BCUT2D eigenvalue weighted by Gasteiger charge is -2.07. The number of nitrogens with zero attached hydrogens (tertiary/aromatic N) is 1. The second-order valence-electron chi connectivity index (χ2n) is 6.91. The molecule has 1 aliphatic carbocycles. The zero-order valence-corrected chi connectivity index (χ0v) is 17.0. The first-order valence-electron chi connectivity index (χ1n) is 9.79. The van der Waals surface area contributed by atoms with Gasteiger partial charge in [-0.05, 0) is 42.3 Å². The summed E-state index contributed by atoms with van der Waals surface area (Å²) in [6, 6.07) is 10.5. The third kappa shape index (κ3) is 6.40. The van der Waals surface area contributed by atoms with E-state index in [-0.39, 0.29) is 29.0 Å². The Morgan fingerprint density at radius 2 is 1.90 bits per heavy atom. The summed E-state index contributed by atoms with van der Waals surface area (Å²) < 4.78 is 29.5. The van der Waals surface area contributed by atoms with E-state index in [1.54, 1.807) is 24.3 Å². The molecule has 1 aromatic heterocycles. The molecule has 2 aromatic carbocycles. The number of rotatable bonds is 7. The van der Waals surface area contributed by atoms with Crippen LogP contribution in [-0.2, 0) is 11.2 Å². The standard InChI is InChI=1S/C20H16FNO6.C3H6/c1-26-13-6-7-17(21)15(10-13)19-16(11-27-22-19)20(25)28-14-4-2-3-12(9-14)5-8-18(23)24;1-2-3-1/h2-4,6-7,9-11H,5,8H2,1H3,(H,23,24);1-3H2. The van der Waals surface area contributed by atoms with E-state index in [0.717, 1.165) is 6.26 Å². The first-order chi connectivity index (χ1) is 15.0. The second kappa shape index (κ2) is 10.4. The average molecular weight is 427 g/mol. The van der Waals surface area contributed by atoms with Gasteiger partial charge in [0.25, 0.3) is 0 Å². The Bertz CT molecular complexity index is 1060. The Kier molecular flexibility index (Phi) is 7.37. The van der Waals surface area contributed by atoms with Crippen LogP contribution in [0.2, 0.25) is 0 Å². The van der Waals surface area contributed by atoms with Crippen molar-refractivity contribution >= 4 is 11.9 Å². The van der Waals surface area contributed by atoms with Crippen molar-refractivity contribution in [3.05, 3.63) is 65.7 Å². The van der Waals surface area contributed by atoms with Gasteiger partial charge in [-0.15, -0.1) is 0 Å². The number of aromatic nitrogens is 1. The van der Waals surface area contributed by atoms with E-state index in [1.165, 1.54) is 44.6 Å². The molecule has 0 radical (unpaired) electrons. The van der Waals surface area contributed by atoms with Gasteiger partial charge in [-0.1, -0.05) is 36.6 Å². The summed E-state index contributed by atoms with van der Waals surface area (Å²) in [5.74, 6) is -1.68. The van der Waals surface area contributed by atoms with Crippen molar-refractivity contribution in [2.24, 2.45) is 0 Å². The van der Waals surface area contributed by atoms with Crippen LogP contribution in [0.3, 0.4) is 0 Å². The number of methoxy groups -OCH3 is 1. The maximum Gasteiger partial charge on any atom is 0.349 e. The van der Waals surface area contributed by atoms with Crippen molar-refractivity contribution in [2.45, 2.75) is 32.1 Å². The van der Waals surface area contributed by atoms with Gasteiger partial charge in [0.2, 0.25) is 0 Å². The normalized spacial score (nSPS) is 11.8. The fraction of sp³-hybridized carbons (Fsp3) is 0.261. The van der Waals surface area contributed by atoms with Gasteiger partial charge in [0, 0.05) is 12.0 Å². The number of carboxylic acids is 1. The summed E-state index contributed by atoms with van der Waals surface area (Å²) in [6.45, 7) is 0. The summed E-state index contributed by atoms with van der Waals surface area (Å²) in [5.41, 5.74) is 0.680. The van der Waals surface area contributed by atoms with Crippen LogP contribution in [0.5, 0.6) is 11.5 Å². The van der Waals surface area contributed by atoms with Crippen molar-refractivity contribution < 1.29 is 33.1 Å². The smallest absolute Gasteiger partial charge is 0.349 e. The molecular weight excluding hydrogens is 405 g/mol. The molecule has 31 heavy (non-hydrogen) atoms. The maximum absolute atomic E-state index is 14.2. The van der Waals surface area contributed by atoms with Gasteiger partial charge in [-0.25, -0.2) is 9.18 Å². The van der Waals surface area contributed by atoms with Crippen LogP contribution in [0.4, 0.5) is 4.39 Å². The molecule has 0 saturated heterocycles. The predicted octanol–water partition coefficient (Wildman–Crippen LogP) is 4.90. The Balaban J connectivity index is 0.000000834. The zero-order chi connectivity index (χ0) is 22.2. The Morgan fingerprint density at radius 1 is 1.13 bits per heavy atom. The number of hydrogen-bond acceptors (Lipinski definition) is 6. The minimum atomic E-state index is -0.920. The maximum atomic E-state index is 14.2. The van der Waals surface area contributed by atoms with E-state index < -0.39 is 17.8 Å². The van der Waals surface area contributed by atoms with Gasteiger partial charge in [0.15, 0.2) is 0 Å². The molecule has 0 amide bonds. The summed E-state index contributed by atoms with van der Waals surface area (Å²) >= 11 is 0. The molecule has 1 saturated carbocycles. The molecule has 4 rings (SSSR count). The topological polar surface area (TPSA) is 98.9 Å². The lowest BCUT2D eigenvalue weighted by atomic mass is 10.1. The van der Waals surface area contributed by atoms with Crippen LogP contribution in [0.1, 0.15) is 41.6 Å². The van der Waals surface area contributed by atoms with Crippen LogP contribution in [0.15, 0.2) is 53.3 Å². The first kappa shape index (κ1) is 22.0. The Labute approximate surface area is 178 Å².